The highest BCUT2D eigenvalue weighted by molar-refractivity contribution is 7.90. The molecule has 0 fully saturated rings. The number of nitrogens with zero attached hydrogens (tertiary/aromatic N) is 1. The van der Waals surface area contributed by atoms with Gasteiger partial charge < -0.3 is 11.1 Å². The summed E-state index contributed by atoms with van der Waals surface area (Å²) in [6.45, 7) is 0.273. The molecule has 0 aliphatic carbocycles. The minimum Gasteiger partial charge on any atom is -0.397 e. The summed E-state index contributed by atoms with van der Waals surface area (Å²) in [6, 6.07) is 1.55. The van der Waals surface area contributed by atoms with Gasteiger partial charge in [0.25, 0.3) is 0 Å². The summed E-state index contributed by atoms with van der Waals surface area (Å²) in [5, 5.41) is 3.20. The minimum atomic E-state index is -2.97. The number of pyridine rings is 1. The number of nitrogens with two attached hydrogens (primary N) is 1. The van der Waals surface area contributed by atoms with E-state index in [1.165, 1.54) is 12.5 Å². The van der Waals surface area contributed by atoms with Crippen molar-refractivity contribution in [3.05, 3.63) is 17.3 Å². The lowest BCUT2D eigenvalue weighted by atomic mass is 10.4. The lowest BCUT2D eigenvalue weighted by molar-refractivity contribution is 0.602. The number of rotatable bonds is 4. The highest BCUT2D eigenvalue weighted by atomic mass is 35.5. The highest BCUT2D eigenvalue weighted by Gasteiger charge is 2.04. The molecule has 84 valence electrons. The molecule has 0 radical (unpaired) electrons. The van der Waals surface area contributed by atoms with Crippen LogP contribution in [0.3, 0.4) is 0 Å². The molecule has 0 spiro atoms. The zero-order chi connectivity index (χ0) is 11.5. The van der Waals surface area contributed by atoms with Crippen molar-refractivity contribution in [2.75, 3.05) is 29.6 Å². The molecule has 1 aromatic heterocycles. The Bertz CT molecular complexity index is 447. The van der Waals surface area contributed by atoms with Gasteiger partial charge in [-0.15, -0.1) is 0 Å². The van der Waals surface area contributed by atoms with Gasteiger partial charge in [-0.1, -0.05) is 11.6 Å². The first kappa shape index (κ1) is 12.1. The van der Waals surface area contributed by atoms with Crippen LogP contribution in [0.4, 0.5) is 11.5 Å². The second-order valence-corrected chi connectivity index (χ2v) is 5.82. The Morgan fingerprint density at radius 2 is 2.27 bits per heavy atom. The third-order valence-corrected chi connectivity index (χ3v) is 2.86. The van der Waals surface area contributed by atoms with Crippen molar-refractivity contribution < 1.29 is 8.42 Å². The van der Waals surface area contributed by atoms with Crippen LogP contribution in [0.15, 0.2) is 12.3 Å². The van der Waals surface area contributed by atoms with Crippen LogP contribution in [0.2, 0.25) is 5.02 Å². The summed E-state index contributed by atoms with van der Waals surface area (Å²) < 4.78 is 21.7. The molecule has 15 heavy (non-hydrogen) atoms. The maximum atomic E-state index is 10.8. The number of hydrogen-bond donors (Lipinski definition) is 2. The van der Waals surface area contributed by atoms with Gasteiger partial charge in [0, 0.05) is 12.8 Å². The van der Waals surface area contributed by atoms with Gasteiger partial charge in [-0.2, -0.15) is 0 Å². The zero-order valence-electron chi connectivity index (χ0n) is 8.20. The largest absolute Gasteiger partial charge is 0.397 e. The van der Waals surface area contributed by atoms with E-state index in [0.717, 1.165) is 0 Å². The minimum absolute atomic E-state index is 0.0371. The number of halogens is 1. The van der Waals surface area contributed by atoms with Crippen molar-refractivity contribution in [1.29, 1.82) is 0 Å². The van der Waals surface area contributed by atoms with Crippen molar-refractivity contribution in [3.63, 3.8) is 0 Å². The molecule has 0 atom stereocenters. The van der Waals surface area contributed by atoms with E-state index < -0.39 is 9.84 Å². The monoisotopic (exact) mass is 249 g/mol. The van der Waals surface area contributed by atoms with E-state index in [1.54, 1.807) is 6.07 Å². The summed E-state index contributed by atoms with van der Waals surface area (Å²) in [5.74, 6) is 0.476. The van der Waals surface area contributed by atoms with E-state index in [0.29, 0.717) is 16.5 Å². The molecule has 7 heteroatoms. The molecule has 3 N–H and O–H groups in total. The van der Waals surface area contributed by atoms with Crippen LogP contribution >= 0.6 is 11.6 Å². The van der Waals surface area contributed by atoms with Crippen LogP contribution in [0.25, 0.3) is 0 Å². The topological polar surface area (TPSA) is 85.1 Å². The average molecular weight is 250 g/mol. The van der Waals surface area contributed by atoms with Crippen molar-refractivity contribution in [2.45, 2.75) is 0 Å². The molecular weight excluding hydrogens is 238 g/mol. The lowest BCUT2D eigenvalue weighted by Crippen LogP contribution is -2.15. The molecule has 0 aromatic carbocycles. The van der Waals surface area contributed by atoms with E-state index in [4.69, 9.17) is 17.3 Å². The van der Waals surface area contributed by atoms with Crippen LogP contribution in [0.5, 0.6) is 0 Å². The number of anilines is 2. The van der Waals surface area contributed by atoms with E-state index in [2.05, 4.69) is 10.3 Å². The lowest BCUT2D eigenvalue weighted by Gasteiger charge is -2.06. The summed E-state index contributed by atoms with van der Waals surface area (Å²) in [4.78, 5) is 3.93. The van der Waals surface area contributed by atoms with Crippen LogP contribution in [-0.2, 0) is 9.84 Å². The van der Waals surface area contributed by atoms with Gasteiger partial charge >= 0.3 is 0 Å². The fourth-order valence-electron chi connectivity index (χ4n) is 0.938. The van der Waals surface area contributed by atoms with E-state index >= 15 is 0 Å². The first-order valence-electron chi connectivity index (χ1n) is 4.21. The Morgan fingerprint density at radius 1 is 1.60 bits per heavy atom. The fraction of sp³-hybridized carbons (Fsp3) is 0.375. The fourth-order valence-corrected chi connectivity index (χ4v) is 1.65. The predicted molar refractivity (Wildman–Crippen MR) is 61.9 cm³/mol. The average Bonchev–Trinajstić information content (AvgIpc) is 2.07. The van der Waals surface area contributed by atoms with Crippen LogP contribution in [0, 0.1) is 0 Å². The molecule has 1 aromatic rings. The zero-order valence-corrected chi connectivity index (χ0v) is 9.77. The van der Waals surface area contributed by atoms with Crippen LogP contribution in [0.1, 0.15) is 0 Å². The van der Waals surface area contributed by atoms with Gasteiger partial charge in [-0.3, -0.25) is 0 Å². The molecule has 0 aliphatic heterocycles. The molecule has 1 rings (SSSR count). The summed E-state index contributed by atoms with van der Waals surface area (Å²) >= 11 is 5.83. The van der Waals surface area contributed by atoms with Gasteiger partial charge in [-0.25, -0.2) is 13.4 Å². The Kier molecular flexibility index (Phi) is 3.76. The standard InChI is InChI=1S/C8H12ClN3O2S/c1-15(13,14)3-2-11-8-7(9)4-6(10)5-12-8/h4-5H,2-3,10H2,1H3,(H,11,12). The first-order chi connectivity index (χ1) is 6.88. The molecule has 0 unspecified atom stereocenters. The van der Waals surface area contributed by atoms with Gasteiger partial charge in [0.1, 0.15) is 15.7 Å². The van der Waals surface area contributed by atoms with Crippen molar-refractivity contribution in [3.8, 4) is 0 Å². The molecule has 0 amide bonds. The van der Waals surface area contributed by atoms with Gasteiger partial charge in [0.2, 0.25) is 0 Å². The van der Waals surface area contributed by atoms with Crippen LogP contribution in [-0.4, -0.2) is 32.0 Å². The molecule has 1 heterocycles. The number of hydrogen-bond acceptors (Lipinski definition) is 5. The molecule has 5 nitrogen and oxygen atoms in total. The van der Waals surface area contributed by atoms with Gasteiger partial charge in [0.15, 0.2) is 0 Å². The molecule has 0 saturated carbocycles. The number of sulfone groups is 1. The number of nitrogens with one attached hydrogen (secondary N) is 1. The highest BCUT2D eigenvalue weighted by Crippen LogP contribution is 2.20. The Hall–Kier alpha value is -1.01. The Morgan fingerprint density at radius 3 is 2.80 bits per heavy atom. The second-order valence-electron chi connectivity index (χ2n) is 3.16. The summed E-state index contributed by atoms with van der Waals surface area (Å²) in [5.41, 5.74) is 5.92. The summed E-state index contributed by atoms with van der Waals surface area (Å²) in [7, 11) is -2.97. The van der Waals surface area contributed by atoms with Gasteiger partial charge in [-0.05, 0) is 6.07 Å². The number of aromatic nitrogens is 1. The maximum absolute atomic E-state index is 10.8. The van der Waals surface area contributed by atoms with E-state index in [1.807, 2.05) is 0 Å². The Balaban J connectivity index is 2.59. The SMILES string of the molecule is CS(=O)(=O)CCNc1ncc(N)cc1Cl. The number of nitrogen functional groups attached to an aromatic ring is 1. The normalized spacial score (nSPS) is 11.3. The molecular formula is C8H12ClN3O2S. The quantitative estimate of drug-likeness (QED) is 0.824. The predicted octanol–water partition coefficient (Wildman–Crippen LogP) is 0.774. The first-order valence-corrected chi connectivity index (χ1v) is 6.65. The maximum Gasteiger partial charge on any atom is 0.149 e. The van der Waals surface area contributed by atoms with E-state index in [9.17, 15) is 8.42 Å². The third-order valence-electron chi connectivity index (χ3n) is 1.63. The molecule has 0 aliphatic rings. The smallest absolute Gasteiger partial charge is 0.149 e. The molecule has 0 saturated heterocycles. The van der Waals surface area contributed by atoms with Crippen molar-refractivity contribution >= 4 is 32.9 Å². The Labute approximate surface area is 93.6 Å². The van der Waals surface area contributed by atoms with Crippen molar-refractivity contribution in [2.24, 2.45) is 0 Å². The van der Waals surface area contributed by atoms with Crippen molar-refractivity contribution in [1.82, 2.24) is 4.98 Å². The third kappa shape index (κ3) is 4.35. The van der Waals surface area contributed by atoms with Gasteiger partial charge in [0.05, 0.1) is 22.7 Å². The summed E-state index contributed by atoms with van der Waals surface area (Å²) in [6.07, 6.45) is 2.63. The van der Waals surface area contributed by atoms with Crippen LogP contribution < -0.4 is 11.1 Å². The second kappa shape index (κ2) is 4.67. The van der Waals surface area contributed by atoms with E-state index in [-0.39, 0.29) is 12.3 Å². The molecule has 0 bridgehead atoms.